The normalized spacial score (nSPS) is 13.4. The van der Waals surface area contributed by atoms with Gasteiger partial charge in [-0.15, -0.1) is 0 Å². The van der Waals surface area contributed by atoms with E-state index in [0.717, 1.165) is 6.42 Å². The number of hydrogen-bond acceptors (Lipinski definition) is 2. The summed E-state index contributed by atoms with van der Waals surface area (Å²) in [4.78, 5) is 23.1. The molecule has 0 saturated heterocycles. The van der Waals surface area contributed by atoms with Crippen LogP contribution in [0.15, 0.2) is 24.3 Å². The van der Waals surface area contributed by atoms with Crippen molar-refractivity contribution in [2.45, 2.75) is 26.3 Å². The number of carbonyl (C=O) groups is 2. The average molecular weight is 284 g/mol. The Bertz CT molecular complexity index is 448. The SMILES string of the molecule is CCC(C)C(NC(N)=O)C(=O)Nc1ccc(Cl)cc1. The molecule has 2 unspecified atom stereocenters. The van der Waals surface area contributed by atoms with Crippen molar-refractivity contribution in [2.75, 3.05) is 5.32 Å². The fraction of sp³-hybridized carbons (Fsp3) is 0.385. The van der Waals surface area contributed by atoms with Gasteiger partial charge in [0.25, 0.3) is 0 Å². The molecule has 1 rings (SSSR count). The number of rotatable bonds is 5. The average Bonchev–Trinajstić information content (AvgIpc) is 2.37. The minimum Gasteiger partial charge on any atom is -0.352 e. The van der Waals surface area contributed by atoms with Crippen LogP contribution in [0.2, 0.25) is 5.02 Å². The molecule has 0 saturated carbocycles. The highest BCUT2D eigenvalue weighted by atomic mass is 35.5. The monoisotopic (exact) mass is 283 g/mol. The maximum atomic E-state index is 12.1. The first kappa shape index (κ1) is 15.3. The molecule has 6 heteroatoms. The van der Waals surface area contributed by atoms with Crippen LogP contribution in [0.25, 0.3) is 0 Å². The van der Waals surface area contributed by atoms with Crippen LogP contribution in [0.3, 0.4) is 0 Å². The molecular formula is C13H18ClN3O2. The summed E-state index contributed by atoms with van der Waals surface area (Å²) >= 11 is 5.77. The first-order chi connectivity index (χ1) is 8.93. The topological polar surface area (TPSA) is 84.2 Å². The Morgan fingerprint density at radius 1 is 1.32 bits per heavy atom. The van der Waals surface area contributed by atoms with Gasteiger partial charge in [-0.25, -0.2) is 4.79 Å². The Balaban J connectivity index is 2.76. The lowest BCUT2D eigenvalue weighted by Gasteiger charge is -2.22. The second-order valence-corrected chi connectivity index (χ2v) is 4.80. The van der Waals surface area contributed by atoms with Crippen molar-refractivity contribution < 1.29 is 9.59 Å². The fourth-order valence-electron chi connectivity index (χ4n) is 1.61. The van der Waals surface area contributed by atoms with Crippen LogP contribution in [0, 0.1) is 5.92 Å². The standard InChI is InChI=1S/C13H18ClN3O2/c1-3-8(2)11(17-13(15)19)12(18)16-10-6-4-9(14)5-7-10/h4-8,11H,3H2,1-2H3,(H,16,18)(H3,15,17,19). The number of hydrogen-bond donors (Lipinski definition) is 3. The molecule has 0 spiro atoms. The smallest absolute Gasteiger partial charge is 0.312 e. The predicted molar refractivity (Wildman–Crippen MR) is 76.0 cm³/mol. The summed E-state index contributed by atoms with van der Waals surface area (Å²) in [6.45, 7) is 3.82. The number of primary amides is 1. The highest BCUT2D eigenvalue weighted by Gasteiger charge is 2.25. The second-order valence-electron chi connectivity index (χ2n) is 4.37. The van der Waals surface area contributed by atoms with Crippen LogP contribution in [0.5, 0.6) is 0 Å². The Hall–Kier alpha value is -1.75. The van der Waals surface area contributed by atoms with Gasteiger partial charge in [-0.3, -0.25) is 4.79 Å². The van der Waals surface area contributed by atoms with Gasteiger partial charge in [-0.05, 0) is 30.2 Å². The number of anilines is 1. The third-order valence-electron chi connectivity index (χ3n) is 2.90. The lowest BCUT2D eigenvalue weighted by atomic mass is 9.98. The summed E-state index contributed by atoms with van der Waals surface area (Å²) in [5.74, 6) is -0.310. The van der Waals surface area contributed by atoms with Crippen LogP contribution >= 0.6 is 11.6 Å². The minimum atomic E-state index is -0.712. The molecule has 0 aliphatic rings. The van der Waals surface area contributed by atoms with Crippen molar-refractivity contribution in [1.29, 1.82) is 0 Å². The molecule has 4 N–H and O–H groups in total. The number of carbonyl (C=O) groups excluding carboxylic acids is 2. The third kappa shape index (κ3) is 4.79. The summed E-state index contributed by atoms with van der Waals surface area (Å²) < 4.78 is 0. The molecule has 5 nitrogen and oxygen atoms in total. The number of halogens is 1. The van der Waals surface area contributed by atoms with Crippen molar-refractivity contribution in [3.63, 3.8) is 0 Å². The van der Waals surface area contributed by atoms with Crippen molar-refractivity contribution in [2.24, 2.45) is 11.7 Å². The zero-order valence-corrected chi connectivity index (χ0v) is 11.7. The van der Waals surface area contributed by atoms with Crippen LogP contribution in [-0.2, 0) is 4.79 Å². The quantitative estimate of drug-likeness (QED) is 0.775. The predicted octanol–water partition coefficient (Wildman–Crippen LogP) is 2.36. The second kappa shape index (κ2) is 6.99. The van der Waals surface area contributed by atoms with E-state index in [-0.39, 0.29) is 11.8 Å². The summed E-state index contributed by atoms with van der Waals surface area (Å²) in [7, 11) is 0. The van der Waals surface area contributed by atoms with Crippen LogP contribution < -0.4 is 16.4 Å². The summed E-state index contributed by atoms with van der Waals surface area (Å²) in [5, 5.41) is 5.77. The molecule has 0 bridgehead atoms. The first-order valence-corrected chi connectivity index (χ1v) is 6.44. The van der Waals surface area contributed by atoms with E-state index in [1.807, 2.05) is 13.8 Å². The minimum absolute atomic E-state index is 0.0141. The van der Waals surface area contributed by atoms with E-state index < -0.39 is 12.1 Å². The van der Waals surface area contributed by atoms with E-state index in [1.165, 1.54) is 0 Å². The molecule has 0 aliphatic heterocycles. The largest absolute Gasteiger partial charge is 0.352 e. The van der Waals surface area contributed by atoms with E-state index in [0.29, 0.717) is 10.7 Å². The highest BCUT2D eigenvalue weighted by molar-refractivity contribution is 6.30. The molecule has 0 aromatic heterocycles. The zero-order valence-electron chi connectivity index (χ0n) is 10.9. The maximum absolute atomic E-state index is 12.1. The van der Waals surface area contributed by atoms with Gasteiger partial charge in [0, 0.05) is 10.7 Å². The molecule has 1 aromatic rings. The van der Waals surface area contributed by atoms with Gasteiger partial charge < -0.3 is 16.4 Å². The Kier molecular flexibility index (Phi) is 5.63. The van der Waals surface area contributed by atoms with Gasteiger partial charge in [0.05, 0.1) is 0 Å². The van der Waals surface area contributed by atoms with Crippen LogP contribution in [0.1, 0.15) is 20.3 Å². The van der Waals surface area contributed by atoms with Gasteiger partial charge in [0.2, 0.25) is 5.91 Å². The number of nitrogens with two attached hydrogens (primary N) is 1. The van der Waals surface area contributed by atoms with E-state index in [4.69, 9.17) is 17.3 Å². The van der Waals surface area contributed by atoms with Crippen LogP contribution in [0.4, 0.5) is 10.5 Å². The number of amides is 3. The van der Waals surface area contributed by atoms with Gasteiger partial charge >= 0.3 is 6.03 Å². The van der Waals surface area contributed by atoms with E-state index in [9.17, 15) is 9.59 Å². The Labute approximate surface area is 117 Å². The summed E-state index contributed by atoms with van der Waals surface area (Å²) in [5.41, 5.74) is 5.71. The molecule has 3 amide bonds. The van der Waals surface area contributed by atoms with Gasteiger partial charge in [-0.2, -0.15) is 0 Å². The molecule has 104 valence electrons. The van der Waals surface area contributed by atoms with Gasteiger partial charge in [-0.1, -0.05) is 31.9 Å². The third-order valence-corrected chi connectivity index (χ3v) is 3.16. The molecule has 0 fully saturated rings. The molecule has 1 aromatic carbocycles. The molecule has 2 atom stereocenters. The van der Waals surface area contributed by atoms with E-state index in [1.54, 1.807) is 24.3 Å². The molecule has 0 radical (unpaired) electrons. The van der Waals surface area contributed by atoms with Crippen LogP contribution in [-0.4, -0.2) is 18.0 Å². The fourth-order valence-corrected chi connectivity index (χ4v) is 1.73. The van der Waals surface area contributed by atoms with E-state index >= 15 is 0 Å². The Morgan fingerprint density at radius 3 is 2.37 bits per heavy atom. The first-order valence-electron chi connectivity index (χ1n) is 6.06. The molecule has 19 heavy (non-hydrogen) atoms. The lowest BCUT2D eigenvalue weighted by Crippen LogP contribution is -2.49. The van der Waals surface area contributed by atoms with Crippen molar-refractivity contribution in [3.8, 4) is 0 Å². The maximum Gasteiger partial charge on any atom is 0.312 e. The lowest BCUT2D eigenvalue weighted by molar-refractivity contribution is -0.119. The van der Waals surface area contributed by atoms with E-state index in [2.05, 4.69) is 10.6 Å². The number of benzene rings is 1. The molecular weight excluding hydrogens is 266 g/mol. The van der Waals surface area contributed by atoms with Crippen molar-refractivity contribution in [3.05, 3.63) is 29.3 Å². The van der Waals surface area contributed by atoms with Crippen molar-refractivity contribution >= 4 is 29.2 Å². The summed E-state index contributed by atoms with van der Waals surface area (Å²) in [6, 6.07) is 5.37. The molecule has 0 heterocycles. The number of nitrogens with one attached hydrogen (secondary N) is 2. The summed E-state index contributed by atoms with van der Waals surface area (Å²) in [6.07, 6.45) is 0.749. The highest BCUT2D eigenvalue weighted by Crippen LogP contribution is 2.15. The van der Waals surface area contributed by atoms with Gasteiger partial charge in [0.1, 0.15) is 6.04 Å². The van der Waals surface area contributed by atoms with Gasteiger partial charge in [0.15, 0.2) is 0 Å². The number of urea groups is 1. The van der Waals surface area contributed by atoms with Crippen molar-refractivity contribution in [1.82, 2.24) is 5.32 Å². The Morgan fingerprint density at radius 2 is 1.89 bits per heavy atom. The zero-order chi connectivity index (χ0) is 14.4. The molecule has 0 aliphatic carbocycles.